The van der Waals surface area contributed by atoms with Crippen LogP contribution < -0.4 is 15.3 Å². The van der Waals surface area contributed by atoms with E-state index < -0.39 is 0 Å². The van der Waals surface area contributed by atoms with E-state index in [2.05, 4.69) is 28.1 Å². The van der Waals surface area contributed by atoms with Crippen LogP contribution in [0.25, 0.3) is 5.52 Å². The Kier molecular flexibility index (Phi) is 4.05. The van der Waals surface area contributed by atoms with E-state index >= 15 is 0 Å². The number of carbonyl (C=O) groups is 1. The van der Waals surface area contributed by atoms with Crippen molar-refractivity contribution in [2.75, 3.05) is 12.4 Å². The summed E-state index contributed by atoms with van der Waals surface area (Å²) >= 11 is 0. The third-order valence-corrected chi connectivity index (χ3v) is 4.82. The molecule has 2 atom stereocenters. The number of hydrogen-bond donors (Lipinski definition) is 2. The van der Waals surface area contributed by atoms with Crippen LogP contribution in [0.2, 0.25) is 0 Å². The molecule has 2 aromatic heterocycles. The van der Waals surface area contributed by atoms with Crippen molar-refractivity contribution in [2.45, 2.75) is 38.6 Å². The summed E-state index contributed by atoms with van der Waals surface area (Å²) in [5.74, 6) is 0.584. The van der Waals surface area contributed by atoms with Gasteiger partial charge in [-0.15, -0.1) is 9.20 Å². The molecule has 1 saturated carbocycles. The average Bonchev–Trinajstić information content (AvgIpc) is 3.01. The molecule has 0 bridgehead atoms. The Morgan fingerprint density at radius 1 is 1.36 bits per heavy atom. The zero-order chi connectivity index (χ0) is 15.7. The second kappa shape index (κ2) is 5.99. The summed E-state index contributed by atoms with van der Waals surface area (Å²) in [5, 5.41) is 6.43. The van der Waals surface area contributed by atoms with Crippen molar-refractivity contribution in [3.05, 3.63) is 30.1 Å². The normalized spacial score (nSPS) is 21.8. The highest BCUT2D eigenvalue weighted by molar-refractivity contribution is 6.02. The van der Waals surface area contributed by atoms with Crippen LogP contribution in [0.5, 0.6) is 0 Å². The van der Waals surface area contributed by atoms with E-state index in [0.29, 0.717) is 17.5 Å². The Labute approximate surface area is 131 Å². The van der Waals surface area contributed by atoms with Crippen LogP contribution in [-0.2, 0) is 7.05 Å². The van der Waals surface area contributed by atoms with E-state index in [1.54, 1.807) is 7.05 Å². The lowest BCUT2D eigenvalue weighted by atomic mass is 9.85. The molecule has 3 rings (SSSR count). The fourth-order valence-corrected chi connectivity index (χ4v) is 3.47. The molecule has 2 N–H and O–H groups in total. The minimum absolute atomic E-state index is 0.0507. The Balaban J connectivity index is 2.07. The third kappa shape index (κ3) is 2.56. The van der Waals surface area contributed by atoms with Gasteiger partial charge in [0.25, 0.3) is 5.91 Å². The topological polar surface area (TPSA) is 49.4 Å². The van der Waals surface area contributed by atoms with Gasteiger partial charge in [-0.2, -0.15) is 0 Å². The molecule has 2 aromatic rings. The molecular formula is C17H25N4O+. The van der Waals surface area contributed by atoms with E-state index in [4.69, 9.17) is 0 Å². The number of fused-ring (bicyclic) bond motifs is 1. The molecule has 2 heterocycles. The minimum Gasteiger partial charge on any atom is -0.379 e. The van der Waals surface area contributed by atoms with Crippen molar-refractivity contribution < 1.29 is 9.48 Å². The molecule has 5 nitrogen and oxygen atoms in total. The van der Waals surface area contributed by atoms with Gasteiger partial charge >= 0.3 is 0 Å². The Bertz CT molecular complexity index is 691. The van der Waals surface area contributed by atoms with E-state index in [0.717, 1.165) is 11.2 Å². The third-order valence-electron chi connectivity index (χ3n) is 4.82. The number of aromatic nitrogens is 2. The Morgan fingerprint density at radius 3 is 2.86 bits per heavy atom. The fraction of sp³-hybridized carbons (Fsp3) is 0.529. The summed E-state index contributed by atoms with van der Waals surface area (Å²) in [7, 11) is 3.63. The molecule has 1 fully saturated rings. The predicted molar refractivity (Wildman–Crippen MR) is 87.0 cm³/mol. The first-order valence-electron chi connectivity index (χ1n) is 8.10. The van der Waals surface area contributed by atoms with E-state index in [-0.39, 0.29) is 5.91 Å². The van der Waals surface area contributed by atoms with Crippen molar-refractivity contribution in [1.82, 2.24) is 9.83 Å². The summed E-state index contributed by atoms with van der Waals surface area (Å²) in [6.45, 7) is 2.30. The van der Waals surface area contributed by atoms with E-state index in [1.807, 2.05) is 30.2 Å². The van der Waals surface area contributed by atoms with Gasteiger partial charge in [0.05, 0.1) is 11.9 Å². The average molecular weight is 301 g/mol. The van der Waals surface area contributed by atoms with Crippen molar-refractivity contribution >= 4 is 17.1 Å². The highest BCUT2D eigenvalue weighted by Crippen LogP contribution is 2.30. The number of rotatable bonds is 3. The SMILES string of the molecule is CNC(=O)c1c[n+](C)n2cccc2c1NC1CCCCC1C. The second-order valence-corrected chi connectivity index (χ2v) is 6.32. The monoisotopic (exact) mass is 301 g/mol. The molecular weight excluding hydrogens is 276 g/mol. The summed E-state index contributed by atoms with van der Waals surface area (Å²) in [6.07, 6.45) is 8.90. The smallest absolute Gasteiger partial charge is 0.259 e. The first-order chi connectivity index (χ1) is 10.6. The molecule has 2 unspecified atom stereocenters. The number of carbonyl (C=O) groups excluding carboxylic acids is 1. The lowest BCUT2D eigenvalue weighted by Gasteiger charge is -2.31. The van der Waals surface area contributed by atoms with E-state index in [9.17, 15) is 4.79 Å². The van der Waals surface area contributed by atoms with Crippen molar-refractivity contribution in [2.24, 2.45) is 13.0 Å². The van der Waals surface area contributed by atoms with Crippen LogP contribution in [0.1, 0.15) is 43.0 Å². The molecule has 0 saturated heterocycles. The molecule has 0 aromatic carbocycles. The van der Waals surface area contributed by atoms with Gasteiger partial charge in [-0.1, -0.05) is 19.8 Å². The zero-order valence-electron chi connectivity index (χ0n) is 13.6. The summed E-state index contributed by atoms with van der Waals surface area (Å²) in [5.41, 5.74) is 2.69. The second-order valence-electron chi connectivity index (χ2n) is 6.32. The van der Waals surface area contributed by atoms with Crippen molar-refractivity contribution in [3.8, 4) is 0 Å². The van der Waals surface area contributed by atoms with Gasteiger partial charge in [-0.05, 0) is 30.9 Å². The molecule has 118 valence electrons. The fourth-order valence-electron chi connectivity index (χ4n) is 3.47. The maximum Gasteiger partial charge on any atom is 0.259 e. The number of aryl methyl sites for hydroxylation is 1. The largest absolute Gasteiger partial charge is 0.379 e. The van der Waals surface area contributed by atoms with Gasteiger partial charge in [0, 0.05) is 13.1 Å². The summed E-state index contributed by atoms with van der Waals surface area (Å²) < 4.78 is 4.00. The minimum atomic E-state index is -0.0507. The first kappa shape index (κ1) is 14.9. The van der Waals surface area contributed by atoms with Crippen LogP contribution in [0.3, 0.4) is 0 Å². The molecule has 1 aliphatic rings. The predicted octanol–water partition coefficient (Wildman–Crippen LogP) is 2.11. The number of amides is 1. The Morgan fingerprint density at radius 2 is 2.14 bits per heavy atom. The number of anilines is 1. The molecule has 22 heavy (non-hydrogen) atoms. The van der Waals surface area contributed by atoms with Crippen LogP contribution >= 0.6 is 0 Å². The highest BCUT2D eigenvalue weighted by Gasteiger charge is 2.26. The Hall–Kier alpha value is -2.04. The summed E-state index contributed by atoms with van der Waals surface area (Å²) in [4.78, 5) is 12.3. The standard InChI is InChI=1S/C17H24N4O/c1-12-7-4-5-8-14(12)19-16-13(17(22)18-2)11-20(3)21-10-6-9-15(16)21/h6,9-12,14H,4-5,7-8H2,1-3H3,(H,18,22)/p+1. The van der Waals surface area contributed by atoms with Crippen molar-refractivity contribution in [1.29, 1.82) is 0 Å². The van der Waals surface area contributed by atoms with Crippen molar-refractivity contribution in [3.63, 3.8) is 0 Å². The first-order valence-corrected chi connectivity index (χ1v) is 8.10. The quantitative estimate of drug-likeness (QED) is 0.853. The molecule has 1 amide bonds. The molecule has 0 aliphatic heterocycles. The van der Waals surface area contributed by atoms with Gasteiger partial charge in [0.2, 0.25) is 6.20 Å². The van der Waals surface area contributed by atoms with Crippen LogP contribution in [0, 0.1) is 5.92 Å². The molecule has 5 heteroatoms. The van der Waals surface area contributed by atoms with Crippen LogP contribution in [0.15, 0.2) is 24.5 Å². The van der Waals surface area contributed by atoms with Gasteiger partial charge in [-0.3, -0.25) is 4.79 Å². The lowest BCUT2D eigenvalue weighted by molar-refractivity contribution is -0.740. The number of nitrogens with one attached hydrogen (secondary N) is 2. The summed E-state index contributed by atoms with van der Waals surface area (Å²) in [6, 6.07) is 4.50. The van der Waals surface area contributed by atoms with Gasteiger partial charge in [0.15, 0.2) is 7.05 Å². The van der Waals surface area contributed by atoms with Crippen LogP contribution in [-0.4, -0.2) is 23.5 Å². The maximum atomic E-state index is 12.3. The van der Waals surface area contributed by atoms with Gasteiger partial charge < -0.3 is 10.6 Å². The van der Waals surface area contributed by atoms with Crippen LogP contribution in [0.4, 0.5) is 5.69 Å². The van der Waals surface area contributed by atoms with Gasteiger partial charge in [-0.25, -0.2) is 0 Å². The highest BCUT2D eigenvalue weighted by atomic mass is 16.1. The number of hydrogen-bond acceptors (Lipinski definition) is 2. The molecule has 0 spiro atoms. The van der Waals surface area contributed by atoms with Gasteiger partial charge in [0.1, 0.15) is 11.1 Å². The van der Waals surface area contributed by atoms with E-state index in [1.165, 1.54) is 25.7 Å². The maximum absolute atomic E-state index is 12.3. The lowest BCUT2D eigenvalue weighted by Crippen LogP contribution is -2.40. The zero-order valence-corrected chi connectivity index (χ0v) is 13.6. The molecule has 1 aliphatic carbocycles. The molecule has 0 radical (unpaired) electrons. The number of nitrogens with zero attached hydrogens (tertiary/aromatic N) is 2.